The summed E-state index contributed by atoms with van der Waals surface area (Å²) in [5, 5.41) is 0. The molecule has 1 saturated heterocycles. The van der Waals surface area contributed by atoms with Gasteiger partial charge in [-0.2, -0.15) is 0 Å². The molecule has 110 valence electrons. The minimum atomic E-state index is 0.0549. The number of amides is 1. The molecular weight excluding hydrogens is 252 g/mol. The molecule has 0 aromatic carbocycles. The summed E-state index contributed by atoms with van der Waals surface area (Å²) in [6.07, 6.45) is 3.64. The van der Waals surface area contributed by atoms with E-state index in [2.05, 4.69) is 21.8 Å². The highest BCUT2D eigenvalue weighted by Gasteiger charge is 2.27. The van der Waals surface area contributed by atoms with Gasteiger partial charge in [-0.25, -0.2) is 0 Å². The highest BCUT2D eigenvalue weighted by Crippen LogP contribution is 2.13. The first kappa shape index (κ1) is 14.9. The summed E-state index contributed by atoms with van der Waals surface area (Å²) in [6, 6.07) is 4.08. The zero-order valence-electron chi connectivity index (χ0n) is 12.6. The molecule has 0 saturated carbocycles. The molecule has 0 bridgehead atoms. The SMILES string of the molecule is CN1CCN(Cc2ccncc2)C[C@H](C(=O)N(C)C)C1. The number of aromatic nitrogens is 1. The Bertz CT molecular complexity index is 435. The normalized spacial score (nSPS) is 21.4. The van der Waals surface area contributed by atoms with Gasteiger partial charge < -0.3 is 9.80 Å². The molecule has 2 heterocycles. The second-order valence-electron chi connectivity index (χ2n) is 5.78. The van der Waals surface area contributed by atoms with Gasteiger partial charge in [-0.15, -0.1) is 0 Å². The summed E-state index contributed by atoms with van der Waals surface area (Å²) >= 11 is 0. The zero-order valence-corrected chi connectivity index (χ0v) is 12.6. The van der Waals surface area contributed by atoms with Crippen LogP contribution in [0, 0.1) is 5.92 Å². The van der Waals surface area contributed by atoms with Gasteiger partial charge in [0.2, 0.25) is 5.91 Å². The summed E-state index contributed by atoms with van der Waals surface area (Å²) in [7, 11) is 5.76. The third kappa shape index (κ3) is 4.02. The number of carbonyl (C=O) groups is 1. The fraction of sp³-hybridized carbons (Fsp3) is 0.600. The molecule has 0 aliphatic carbocycles. The number of likely N-dealkylation sites (N-methyl/N-ethyl adjacent to an activating group) is 1. The van der Waals surface area contributed by atoms with Gasteiger partial charge in [0.05, 0.1) is 5.92 Å². The van der Waals surface area contributed by atoms with Crippen LogP contribution in [0.1, 0.15) is 5.56 Å². The van der Waals surface area contributed by atoms with Crippen LogP contribution in [-0.4, -0.2) is 72.9 Å². The van der Waals surface area contributed by atoms with E-state index < -0.39 is 0 Å². The summed E-state index contributed by atoms with van der Waals surface area (Å²) in [5.41, 5.74) is 1.25. The predicted molar refractivity (Wildman–Crippen MR) is 79.2 cm³/mol. The van der Waals surface area contributed by atoms with Crippen molar-refractivity contribution in [1.29, 1.82) is 0 Å². The number of carbonyl (C=O) groups excluding carboxylic acids is 1. The molecule has 0 N–H and O–H groups in total. The Labute approximate surface area is 121 Å². The van der Waals surface area contributed by atoms with Crippen molar-refractivity contribution in [2.75, 3.05) is 47.3 Å². The van der Waals surface area contributed by atoms with Gasteiger partial charge in [0, 0.05) is 59.2 Å². The highest BCUT2D eigenvalue weighted by molar-refractivity contribution is 5.78. The van der Waals surface area contributed by atoms with Gasteiger partial charge in [0.15, 0.2) is 0 Å². The largest absolute Gasteiger partial charge is 0.348 e. The molecule has 2 rings (SSSR count). The van der Waals surface area contributed by atoms with Crippen molar-refractivity contribution in [1.82, 2.24) is 19.7 Å². The average molecular weight is 276 g/mol. The minimum absolute atomic E-state index is 0.0549. The smallest absolute Gasteiger partial charge is 0.227 e. The lowest BCUT2D eigenvalue weighted by atomic mass is 10.1. The molecule has 1 aromatic heterocycles. The Morgan fingerprint density at radius 3 is 2.65 bits per heavy atom. The lowest BCUT2D eigenvalue weighted by molar-refractivity contribution is -0.133. The molecule has 0 radical (unpaired) electrons. The molecule has 0 unspecified atom stereocenters. The molecule has 1 aliphatic heterocycles. The number of nitrogens with zero attached hydrogens (tertiary/aromatic N) is 4. The van der Waals surface area contributed by atoms with Crippen molar-refractivity contribution in [3.63, 3.8) is 0 Å². The quantitative estimate of drug-likeness (QED) is 0.807. The maximum atomic E-state index is 12.3. The van der Waals surface area contributed by atoms with Crippen molar-refractivity contribution in [3.05, 3.63) is 30.1 Å². The van der Waals surface area contributed by atoms with Crippen LogP contribution in [0.15, 0.2) is 24.5 Å². The van der Waals surface area contributed by atoms with E-state index in [0.29, 0.717) is 0 Å². The number of hydrogen-bond acceptors (Lipinski definition) is 4. The van der Waals surface area contributed by atoms with Gasteiger partial charge in [-0.3, -0.25) is 14.7 Å². The van der Waals surface area contributed by atoms with Crippen LogP contribution in [0.3, 0.4) is 0 Å². The summed E-state index contributed by atoms with van der Waals surface area (Å²) in [6.45, 7) is 4.54. The standard InChI is InChI=1S/C15H24N4O/c1-17(2)15(20)14-11-18(3)8-9-19(12-14)10-13-4-6-16-7-5-13/h4-7,14H,8-12H2,1-3H3/t14-/m1/s1. The van der Waals surface area contributed by atoms with Gasteiger partial charge in [0.1, 0.15) is 0 Å². The third-order valence-corrected chi connectivity index (χ3v) is 3.75. The monoisotopic (exact) mass is 276 g/mol. The van der Waals surface area contributed by atoms with Gasteiger partial charge in [-0.05, 0) is 24.7 Å². The second-order valence-corrected chi connectivity index (χ2v) is 5.78. The van der Waals surface area contributed by atoms with Crippen molar-refractivity contribution in [2.45, 2.75) is 6.54 Å². The molecule has 5 heteroatoms. The molecule has 0 spiro atoms. The van der Waals surface area contributed by atoms with Crippen LogP contribution < -0.4 is 0 Å². The molecule has 1 amide bonds. The predicted octanol–water partition coefficient (Wildman–Crippen LogP) is 0.533. The lowest BCUT2D eigenvalue weighted by Crippen LogP contribution is -2.40. The van der Waals surface area contributed by atoms with Crippen LogP contribution in [0.25, 0.3) is 0 Å². The van der Waals surface area contributed by atoms with E-state index in [4.69, 9.17) is 0 Å². The Balaban J connectivity index is 2.04. The topological polar surface area (TPSA) is 39.7 Å². The molecule has 20 heavy (non-hydrogen) atoms. The molecule has 1 fully saturated rings. The van der Waals surface area contributed by atoms with Crippen LogP contribution in [0.2, 0.25) is 0 Å². The van der Waals surface area contributed by atoms with Crippen molar-refractivity contribution < 1.29 is 4.79 Å². The fourth-order valence-electron chi connectivity index (χ4n) is 2.65. The maximum absolute atomic E-state index is 12.3. The van der Waals surface area contributed by atoms with Crippen LogP contribution in [-0.2, 0) is 11.3 Å². The molecule has 5 nitrogen and oxygen atoms in total. The van der Waals surface area contributed by atoms with E-state index in [1.165, 1.54) is 5.56 Å². The first-order valence-electron chi connectivity index (χ1n) is 7.07. The average Bonchev–Trinajstić information content (AvgIpc) is 2.61. The first-order chi connectivity index (χ1) is 9.56. The van der Waals surface area contributed by atoms with Crippen molar-refractivity contribution >= 4 is 5.91 Å². The number of rotatable bonds is 3. The van der Waals surface area contributed by atoms with E-state index in [-0.39, 0.29) is 11.8 Å². The Hall–Kier alpha value is -1.46. The van der Waals surface area contributed by atoms with E-state index in [0.717, 1.165) is 32.7 Å². The van der Waals surface area contributed by atoms with E-state index in [9.17, 15) is 4.79 Å². The Morgan fingerprint density at radius 2 is 2.00 bits per heavy atom. The van der Waals surface area contributed by atoms with Crippen LogP contribution >= 0.6 is 0 Å². The first-order valence-corrected chi connectivity index (χ1v) is 7.07. The van der Waals surface area contributed by atoms with Crippen LogP contribution in [0.4, 0.5) is 0 Å². The zero-order chi connectivity index (χ0) is 14.5. The van der Waals surface area contributed by atoms with E-state index >= 15 is 0 Å². The Morgan fingerprint density at radius 1 is 1.30 bits per heavy atom. The molecular formula is C15H24N4O. The summed E-state index contributed by atoms with van der Waals surface area (Å²) in [5.74, 6) is 0.276. The van der Waals surface area contributed by atoms with E-state index in [1.807, 2.05) is 38.6 Å². The van der Waals surface area contributed by atoms with Gasteiger partial charge >= 0.3 is 0 Å². The molecule has 1 atom stereocenters. The van der Waals surface area contributed by atoms with E-state index in [1.54, 1.807) is 4.90 Å². The minimum Gasteiger partial charge on any atom is -0.348 e. The van der Waals surface area contributed by atoms with Crippen molar-refractivity contribution in [3.8, 4) is 0 Å². The molecule has 1 aliphatic rings. The number of hydrogen-bond donors (Lipinski definition) is 0. The fourth-order valence-corrected chi connectivity index (χ4v) is 2.65. The second kappa shape index (κ2) is 6.81. The van der Waals surface area contributed by atoms with Gasteiger partial charge in [-0.1, -0.05) is 0 Å². The highest BCUT2D eigenvalue weighted by atomic mass is 16.2. The molecule has 1 aromatic rings. The lowest BCUT2D eigenvalue weighted by Gasteiger charge is -2.25. The maximum Gasteiger partial charge on any atom is 0.227 e. The van der Waals surface area contributed by atoms with Crippen molar-refractivity contribution in [2.24, 2.45) is 5.92 Å². The summed E-state index contributed by atoms with van der Waals surface area (Å²) in [4.78, 5) is 22.6. The van der Waals surface area contributed by atoms with Crippen LogP contribution in [0.5, 0.6) is 0 Å². The number of pyridine rings is 1. The Kier molecular flexibility index (Phi) is 5.09. The third-order valence-electron chi connectivity index (χ3n) is 3.75. The summed E-state index contributed by atoms with van der Waals surface area (Å²) < 4.78 is 0. The van der Waals surface area contributed by atoms with Gasteiger partial charge in [0.25, 0.3) is 0 Å².